The van der Waals surface area contributed by atoms with Crippen molar-refractivity contribution in [2.24, 2.45) is 0 Å². The van der Waals surface area contributed by atoms with Gasteiger partial charge in [-0.25, -0.2) is 0 Å². The summed E-state index contributed by atoms with van der Waals surface area (Å²) in [7, 11) is 0. The van der Waals surface area contributed by atoms with E-state index >= 15 is 0 Å². The number of aromatic nitrogens is 1. The van der Waals surface area contributed by atoms with Gasteiger partial charge in [-0.2, -0.15) is 0 Å². The van der Waals surface area contributed by atoms with Crippen molar-refractivity contribution in [2.45, 2.75) is 99.0 Å². The first kappa shape index (κ1) is 24.3. The summed E-state index contributed by atoms with van der Waals surface area (Å²) in [5.41, 5.74) is 6.30. The van der Waals surface area contributed by atoms with Crippen LogP contribution in [0.2, 0.25) is 13.3 Å². The van der Waals surface area contributed by atoms with Gasteiger partial charge in [0.1, 0.15) is 0 Å². The van der Waals surface area contributed by atoms with E-state index in [0.717, 1.165) is 0 Å². The Bertz CT molecular complexity index is 575. The number of ether oxygens (including phenoxy) is 1. The van der Waals surface area contributed by atoms with Gasteiger partial charge in [0, 0.05) is 0 Å². The molecule has 27 heavy (non-hydrogen) atoms. The third kappa shape index (κ3) is 7.63. The number of rotatable bonds is 11. The summed E-state index contributed by atoms with van der Waals surface area (Å²) in [6, 6.07) is 4.01. The summed E-state index contributed by atoms with van der Waals surface area (Å²) in [6.45, 7) is 12.4. The summed E-state index contributed by atoms with van der Waals surface area (Å²) in [6.07, 6.45) is 7.42. The zero-order chi connectivity index (χ0) is 20.5. The van der Waals surface area contributed by atoms with E-state index in [1.165, 1.54) is 55.5 Å². The Morgan fingerprint density at radius 2 is 1.48 bits per heavy atom. The number of hydrogen-bond donors (Lipinski definition) is 1. The second kappa shape index (κ2) is 11.3. The molecular weight excluding hydrogens is 443 g/mol. The van der Waals surface area contributed by atoms with Crippen LogP contribution < -0.4 is 9.44 Å². The molecule has 1 aromatic heterocycles. The Hall–Kier alpha value is -0.781. The van der Waals surface area contributed by atoms with Crippen LogP contribution in [0.1, 0.15) is 90.6 Å². The average Bonchev–Trinajstić information content (AvgIpc) is 2.60. The molecule has 0 saturated heterocycles. The molecule has 1 heterocycles. The van der Waals surface area contributed by atoms with Crippen LogP contribution in [0.5, 0.6) is 0 Å². The first-order valence-electron chi connectivity index (χ1n) is 10.7. The molecule has 0 aliphatic heterocycles. The van der Waals surface area contributed by atoms with Crippen LogP contribution in [0.4, 0.5) is 5.69 Å². The molecular formula is C22H40N2O2Sn. The number of pyridine rings is 1. The van der Waals surface area contributed by atoms with Gasteiger partial charge in [0.2, 0.25) is 0 Å². The number of unbranched alkanes of at least 4 members (excludes halogenated alkanes) is 3. The predicted molar refractivity (Wildman–Crippen MR) is 118 cm³/mol. The van der Waals surface area contributed by atoms with Gasteiger partial charge in [-0.3, -0.25) is 0 Å². The van der Waals surface area contributed by atoms with Crippen LogP contribution >= 0.6 is 0 Å². The fourth-order valence-electron chi connectivity index (χ4n) is 3.56. The Balaban J connectivity index is 3.33. The van der Waals surface area contributed by atoms with E-state index in [1.54, 1.807) is 0 Å². The molecule has 0 fully saturated rings. The fourth-order valence-corrected chi connectivity index (χ4v) is 19.0. The molecule has 2 N–H and O–H groups in total. The predicted octanol–water partition coefficient (Wildman–Crippen LogP) is 5.68. The van der Waals surface area contributed by atoms with Crippen LogP contribution in [0.15, 0.2) is 12.1 Å². The van der Waals surface area contributed by atoms with E-state index < -0.39 is 29.9 Å². The van der Waals surface area contributed by atoms with Crippen LogP contribution in [0, 0.1) is 0 Å². The molecule has 1 rings (SSSR count). The fraction of sp³-hybridized carbons (Fsp3) is 0.727. The number of esters is 1. The van der Waals surface area contributed by atoms with E-state index in [0.29, 0.717) is 11.4 Å². The molecule has 0 radical (unpaired) electrons. The molecule has 0 atom stereocenters. The number of nitrogens with two attached hydrogens (primary N) is 1. The minimum absolute atomic E-state index is 0.313. The van der Waals surface area contributed by atoms with Crippen molar-refractivity contribution in [3.05, 3.63) is 17.8 Å². The molecule has 0 unspecified atom stereocenters. The number of nitrogen functional groups attached to an aromatic ring is 1. The van der Waals surface area contributed by atoms with Gasteiger partial charge in [0.15, 0.2) is 0 Å². The zero-order valence-corrected chi connectivity index (χ0v) is 21.2. The number of anilines is 1. The molecule has 0 aromatic carbocycles. The van der Waals surface area contributed by atoms with Gasteiger partial charge in [-0.05, 0) is 0 Å². The number of nitrogens with zero attached hydrogens (tertiary/aromatic N) is 1. The molecule has 0 spiro atoms. The van der Waals surface area contributed by atoms with Crippen molar-refractivity contribution in [1.82, 2.24) is 4.98 Å². The molecule has 4 nitrogen and oxygen atoms in total. The SMILES string of the molecule is CCC[CH2][Sn]([CH2]CCC)([CH2]CCC)[c]1ccc(N)c(C(=O)OC(C)(C)C)n1. The van der Waals surface area contributed by atoms with E-state index in [2.05, 4.69) is 26.8 Å². The van der Waals surface area contributed by atoms with Crippen molar-refractivity contribution < 1.29 is 9.53 Å². The van der Waals surface area contributed by atoms with Crippen molar-refractivity contribution in [3.63, 3.8) is 0 Å². The molecule has 0 bridgehead atoms. The van der Waals surface area contributed by atoms with Gasteiger partial charge in [0.05, 0.1) is 0 Å². The zero-order valence-electron chi connectivity index (χ0n) is 18.4. The third-order valence-electron chi connectivity index (χ3n) is 5.09. The first-order chi connectivity index (χ1) is 12.7. The Morgan fingerprint density at radius 3 is 1.89 bits per heavy atom. The monoisotopic (exact) mass is 484 g/mol. The van der Waals surface area contributed by atoms with E-state index in [-0.39, 0.29) is 0 Å². The second-order valence-corrected chi connectivity index (χ2v) is 21.8. The molecule has 0 amide bonds. The van der Waals surface area contributed by atoms with E-state index in [4.69, 9.17) is 15.5 Å². The second-order valence-electron chi connectivity index (χ2n) is 8.73. The minimum atomic E-state index is -2.68. The van der Waals surface area contributed by atoms with Crippen LogP contribution in [-0.2, 0) is 4.74 Å². The van der Waals surface area contributed by atoms with Gasteiger partial charge in [-0.15, -0.1) is 0 Å². The maximum atomic E-state index is 12.7. The Labute approximate surface area is 170 Å². The van der Waals surface area contributed by atoms with Crippen LogP contribution in [0.3, 0.4) is 0 Å². The molecule has 0 aliphatic rings. The summed E-state index contributed by atoms with van der Waals surface area (Å²) in [5, 5.41) is 0. The van der Waals surface area contributed by atoms with Crippen LogP contribution in [0.25, 0.3) is 0 Å². The summed E-state index contributed by atoms with van der Waals surface area (Å²) in [4.78, 5) is 17.5. The Morgan fingerprint density at radius 1 is 1.00 bits per heavy atom. The molecule has 1 aromatic rings. The summed E-state index contributed by atoms with van der Waals surface area (Å²) >= 11 is -2.68. The van der Waals surface area contributed by atoms with Crippen molar-refractivity contribution in [3.8, 4) is 0 Å². The van der Waals surface area contributed by atoms with Gasteiger partial charge in [0.25, 0.3) is 0 Å². The quantitative estimate of drug-likeness (QED) is 0.325. The average molecular weight is 483 g/mol. The van der Waals surface area contributed by atoms with Gasteiger partial charge >= 0.3 is 171 Å². The van der Waals surface area contributed by atoms with Crippen molar-refractivity contribution >= 4 is 33.7 Å². The molecule has 154 valence electrons. The number of hydrogen-bond acceptors (Lipinski definition) is 4. The number of carbonyl (C=O) groups is 1. The maximum absolute atomic E-state index is 12.7. The van der Waals surface area contributed by atoms with Gasteiger partial charge in [-0.1, -0.05) is 0 Å². The molecule has 0 aliphatic carbocycles. The Kier molecular flexibility index (Phi) is 10.1. The topological polar surface area (TPSA) is 65.2 Å². The van der Waals surface area contributed by atoms with Gasteiger partial charge < -0.3 is 0 Å². The normalized spacial score (nSPS) is 12.2. The first-order valence-corrected chi connectivity index (χ1v) is 18.2. The summed E-state index contributed by atoms with van der Waals surface area (Å²) in [5.74, 6) is -0.400. The van der Waals surface area contributed by atoms with Crippen molar-refractivity contribution in [2.75, 3.05) is 5.73 Å². The van der Waals surface area contributed by atoms with Crippen LogP contribution in [-0.4, -0.2) is 34.9 Å². The third-order valence-corrected chi connectivity index (χ3v) is 20.2. The molecule has 5 heteroatoms. The van der Waals surface area contributed by atoms with E-state index in [1.807, 2.05) is 26.8 Å². The summed E-state index contributed by atoms with van der Waals surface area (Å²) < 4.78 is 10.7. The van der Waals surface area contributed by atoms with Crippen molar-refractivity contribution in [1.29, 1.82) is 0 Å². The molecule has 0 saturated carbocycles. The van der Waals surface area contributed by atoms with E-state index in [9.17, 15) is 4.79 Å². The number of carbonyl (C=O) groups excluding carboxylic acids is 1. The standard InChI is InChI=1S/C10H13N2O2.3C4H9.Sn/c1-10(2,3)14-9(13)8-7(11)5-4-6-12-8;3*1-3-4-2;/h4-5H,11H2,1-3H3;3*1,3-4H2,2H3;.